The number of ether oxygens (including phenoxy) is 1. The second-order valence-electron chi connectivity index (χ2n) is 5.97. The van der Waals surface area contributed by atoms with Gasteiger partial charge in [-0.2, -0.15) is 0 Å². The van der Waals surface area contributed by atoms with E-state index in [0.29, 0.717) is 16.7 Å². The number of hydrogen-bond donors (Lipinski definition) is 0. The second kappa shape index (κ2) is 6.80. The Bertz CT molecular complexity index is 1040. The molecule has 0 saturated heterocycles. The lowest BCUT2D eigenvalue weighted by Crippen LogP contribution is -2.27. The Morgan fingerprint density at radius 1 is 1.16 bits per heavy atom. The molecule has 5 nitrogen and oxygen atoms in total. The highest BCUT2D eigenvalue weighted by Crippen LogP contribution is 2.25. The number of aromatic nitrogens is 2. The summed E-state index contributed by atoms with van der Waals surface area (Å²) in [5.41, 5.74) is 3.15. The van der Waals surface area contributed by atoms with Gasteiger partial charge in [-0.25, -0.2) is 9.78 Å². The predicted octanol–water partition coefficient (Wildman–Crippen LogP) is 3.69. The third kappa shape index (κ3) is 3.49. The first-order valence-corrected chi connectivity index (χ1v) is 8.58. The van der Waals surface area contributed by atoms with Crippen molar-refractivity contribution in [2.24, 2.45) is 0 Å². The summed E-state index contributed by atoms with van der Waals surface area (Å²) in [7, 11) is 0. The molecule has 3 aromatic rings. The van der Waals surface area contributed by atoms with Crippen LogP contribution in [0.3, 0.4) is 0 Å². The molecule has 25 heavy (non-hydrogen) atoms. The molecular weight excluding hydrogens is 384 g/mol. The van der Waals surface area contributed by atoms with E-state index >= 15 is 0 Å². The van der Waals surface area contributed by atoms with Crippen molar-refractivity contribution < 1.29 is 9.53 Å². The maximum atomic E-state index is 12.6. The largest absolute Gasteiger partial charge is 0.425 e. The number of carbonyl (C=O) groups is 1. The van der Waals surface area contributed by atoms with Gasteiger partial charge in [0, 0.05) is 4.47 Å². The minimum atomic E-state index is -0.505. The van der Waals surface area contributed by atoms with E-state index in [1.807, 2.05) is 39.0 Å². The van der Waals surface area contributed by atoms with Crippen LogP contribution in [0.2, 0.25) is 0 Å². The van der Waals surface area contributed by atoms with Gasteiger partial charge in [0.1, 0.15) is 12.3 Å². The minimum absolute atomic E-state index is 0.193. The van der Waals surface area contributed by atoms with Crippen LogP contribution in [-0.2, 0) is 11.3 Å². The number of nitrogens with zero attached hydrogens (tertiary/aromatic N) is 2. The summed E-state index contributed by atoms with van der Waals surface area (Å²) in [4.78, 5) is 29.1. The third-order valence-corrected chi connectivity index (χ3v) is 4.67. The highest BCUT2D eigenvalue weighted by Gasteiger charge is 2.14. The number of carbonyl (C=O) groups excluding carboxylic acids is 1. The van der Waals surface area contributed by atoms with E-state index < -0.39 is 5.97 Å². The first-order valence-electron chi connectivity index (χ1n) is 7.79. The molecule has 0 unspecified atom stereocenters. The Kier molecular flexibility index (Phi) is 4.72. The van der Waals surface area contributed by atoms with Crippen LogP contribution in [0.1, 0.15) is 16.7 Å². The summed E-state index contributed by atoms with van der Waals surface area (Å²) in [5.74, 6) is 0.0459. The van der Waals surface area contributed by atoms with E-state index in [4.69, 9.17) is 4.74 Å². The Labute approximate surface area is 153 Å². The van der Waals surface area contributed by atoms with Crippen molar-refractivity contribution in [1.82, 2.24) is 9.55 Å². The fourth-order valence-electron chi connectivity index (χ4n) is 2.61. The number of benzene rings is 2. The Morgan fingerprint density at radius 3 is 2.64 bits per heavy atom. The van der Waals surface area contributed by atoms with Crippen LogP contribution in [0.4, 0.5) is 0 Å². The van der Waals surface area contributed by atoms with Gasteiger partial charge < -0.3 is 4.74 Å². The van der Waals surface area contributed by atoms with Crippen LogP contribution < -0.4 is 10.3 Å². The molecule has 0 N–H and O–H groups in total. The van der Waals surface area contributed by atoms with Gasteiger partial charge in [0.2, 0.25) is 0 Å². The lowest BCUT2D eigenvalue weighted by Gasteiger charge is -2.13. The number of halogens is 1. The fraction of sp³-hybridized carbons (Fsp3) is 0.211. The van der Waals surface area contributed by atoms with Crippen LogP contribution in [0.25, 0.3) is 10.9 Å². The average molecular weight is 401 g/mol. The quantitative estimate of drug-likeness (QED) is 0.496. The third-order valence-electron chi connectivity index (χ3n) is 4.18. The molecule has 0 aliphatic carbocycles. The summed E-state index contributed by atoms with van der Waals surface area (Å²) in [6.07, 6.45) is 1.37. The molecule has 6 heteroatoms. The second-order valence-corrected chi connectivity index (χ2v) is 6.88. The zero-order chi connectivity index (χ0) is 18.1. The summed E-state index contributed by atoms with van der Waals surface area (Å²) in [6.45, 7) is 5.56. The van der Waals surface area contributed by atoms with Gasteiger partial charge in [-0.15, -0.1) is 0 Å². The highest BCUT2D eigenvalue weighted by atomic mass is 79.9. The predicted molar refractivity (Wildman–Crippen MR) is 100.0 cm³/mol. The number of aryl methyl sites for hydroxylation is 2. The first-order chi connectivity index (χ1) is 11.9. The van der Waals surface area contributed by atoms with Gasteiger partial charge in [-0.3, -0.25) is 9.36 Å². The van der Waals surface area contributed by atoms with Gasteiger partial charge in [0.25, 0.3) is 5.56 Å². The van der Waals surface area contributed by atoms with Crippen molar-refractivity contribution >= 4 is 32.8 Å². The molecule has 0 spiro atoms. The molecule has 0 aliphatic heterocycles. The first kappa shape index (κ1) is 17.4. The Hall–Kier alpha value is -2.47. The van der Waals surface area contributed by atoms with Crippen LogP contribution in [0, 0.1) is 20.8 Å². The van der Waals surface area contributed by atoms with Crippen molar-refractivity contribution in [2.45, 2.75) is 27.3 Å². The van der Waals surface area contributed by atoms with E-state index in [-0.39, 0.29) is 12.1 Å². The van der Waals surface area contributed by atoms with Gasteiger partial charge in [0.05, 0.1) is 17.2 Å². The standard InChI is InChI=1S/C19H17BrN2O3/c1-11-4-5-12(2)18(13(11)3)25-17(23)9-22-10-21-16-7-6-14(20)8-15(16)19(22)24/h4-8,10H,9H2,1-3H3. The van der Waals surface area contributed by atoms with Crippen molar-refractivity contribution in [3.63, 3.8) is 0 Å². The number of hydrogen-bond acceptors (Lipinski definition) is 4. The van der Waals surface area contributed by atoms with E-state index in [2.05, 4.69) is 20.9 Å². The van der Waals surface area contributed by atoms with Crippen LogP contribution in [-0.4, -0.2) is 15.5 Å². The normalized spacial score (nSPS) is 10.9. The summed E-state index contributed by atoms with van der Waals surface area (Å²) < 4.78 is 7.56. The van der Waals surface area contributed by atoms with Crippen molar-refractivity contribution in [3.05, 3.63) is 68.2 Å². The Balaban J connectivity index is 1.89. The monoisotopic (exact) mass is 400 g/mol. The fourth-order valence-corrected chi connectivity index (χ4v) is 2.97. The molecule has 1 heterocycles. The number of esters is 1. The lowest BCUT2D eigenvalue weighted by atomic mass is 10.1. The Morgan fingerprint density at radius 2 is 1.88 bits per heavy atom. The molecule has 0 bridgehead atoms. The van der Waals surface area contributed by atoms with Gasteiger partial charge in [0.15, 0.2) is 0 Å². The molecule has 0 saturated carbocycles. The molecule has 0 aliphatic rings. The lowest BCUT2D eigenvalue weighted by molar-refractivity contribution is -0.135. The van der Waals surface area contributed by atoms with Crippen molar-refractivity contribution in [1.29, 1.82) is 0 Å². The van der Waals surface area contributed by atoms with Crippen LogP contribution in [0.15, 0.2) is 45.9 Å². The van der Waals surface area contributed by atoms with Crippen LogP contribution >= 0.6 is 15.9 Å². The maximum absolute atomic E-state index is 12.6. The molecule has 0 radical (unpaired) electrons. The molecule has 1 aromatic heterocycles. The summed E-state index contributed by atoms with van der Waals surface area (Å²) in [5, 5.41) is 0.451. The minimum Gasteiger partial charge on any atom is -0.425 e. The molecular formula is C19H17BrN2O3. The van der Waals surface area contributed by atoms with Crippen molar-refractivity contribution in [2.75, 3.05) is 0 Å². The molecule has 0 atom stereocenters. The highest BCUT2D eigenvalue weighted by molar-refractivity contribution is 9.10. The maximum Gasteiger partial charge on any atom is 0.331 e. The smallest absolute Gasteiger partial charge is 0.331 e. The van der Waals surface area contributed by atoms with Gasteiger partial charge in [-0.1, -0.05) is 28.1 Å². The van der Waals surface area contributed by atoms with Crippen LogP contribution in [0.5, 0.6) is 5.75 Å². The van der Waals surface area contributed by atoms with E-state index in [0.717, 1.165) is 21.2 Å². The molecule has 128 valence electrons. The molecule has 0 fully saturated rings. The van der Waals surface area contributed by atoms with Gasteiger partial charge >= 0.3 is 5.97 Å². The topological polar surface area (TPSA) is 61.2 Å². The molecule has 3 rings (SSSR count). The van der Waals surface area contributed by atoms with Crippen molar-refractivity contribution in [3.8, 4) is 5.75 Å². The zero-order valence-electron chi connectivity index (χ0n) is 14.2. The molecule has 0 amide bonds. The summed E-state index contributed by atoms with van der Waals surface area (Å²) >= 11 is 3.34. The van der Waals surface area contributed by atoms with E-state index in [1.165, 1.54) is 10.9 Å². The number of fused-ring (bicyclic) bond motifs is 1. The zero-order valence-corrected chi connectivity index (χ0v) is 15.8. The average Bonchev–Trinajstić information content (AvgIpc) is 2.58. The van der Waals surface area contributed by atoms with Gasteiger partial charge in [-0.05, 0) is 55.7 Å². The SMILES string of the molecule is Cc1ccc(C)c(OC(=O)Cn2cnc3ccc(Br)cc3c2=O)c1C. The number of rotatable bonds is 3. The van der Waals surface area contributed by atoms with E-state index in [1.54, 1.807) is 12.1 Å². The summed E-state index contributed by atoms with van der Waals surface area (Å²) in [6, 6.07) is 9.16. The molecule has 2 aromatic carbocycles. The van der Waals surface area contributed by atoms with E-state index in [9.17, 15) is 9.59 Å².